The number of nitrogens with one attached hydrogen (secondary N) is 1. The fourth-order valence-electron chi connectivity index (χ4n) is 1.35. The van der Waals surface area contributed by atoms with E-state index in [9.17, 15) is 4.79 Å². The van der Waals surface area contributed by atoms with Crippen molar-refractivity contribution in [2.75, 3.05) is 30.9 Å². The highest BCUT2D eigenvalue weighted by atomic mass is 79.9. The Hall–Kier alpha value is -1.03. The van der Waals surface area contributed by atoms with Crippen molar-refractivity contribution >= 4 is 27.5 Å². The van der Waals surface area contributed by atoms with Crippen LogP contribution in [0.2, 0.25) is 0 Å². The highest BCUT2D eigenvalue weighted by molar-refractivity contribution is 9.09. The van der Waals surface area contributed by atoms with Crippen LogP contribution in [-0.2, 0) is 0 Å². The van der Waals surface area contributed by atoms with E-state index in [0.717, 1.165) is 11.0 Å². The van der Waals surface area contributed by atoms with E-state index in [1.54, 1.807) is 0 Å². The first kappa shape index (κ1) is 14.0. The number of amides is 1. The Bertz CT molecular complexity index is 379. The van der Waals surface area contributed by atoms with Crippen LogP contribution in [0.4, 0.5) is 5.69 Å². The molecule has 1 N–H and O–H groups in total. The summed E-state index contributed by atoms with van der Waals surface area (Å²) in [5.74, 6) is 0.428. The van der Waals surface area contributed by atoms with Crippen molar-refractivity contribution in [3.8, 4) is 0 Å². The average Bonchev–Trinajstić information content (AvgIpc) is 2.35. The molecule has 1 rings (SSSR count). The molecule has 0 aromatic heterocycles. The summed E-state index contributed by atoms with van der Waals surface area (Å²) in [6.45, 7) is 2.78. The standard InChI is InChI=1S/C13H19BrN2O/c1-10(8-14)9-15-13(17)11-5-4-6-12(7-11)16(2)3/h4-7,10H,8-9H2,1-3H3,(H,15,17). The second-order valence-electron chi connectivity index (χ2n) is 4.41. The summed E-state index contributed by atoms with van der Waals surface area (Å²) < 4.78 is 0. The van der Waals surface area contributed by atoms with Gasteiger partial charge in [0.15, 0.2) is 0 Å². The van der Waals surface area contributed by atoms with Gasteiger partial charge in [0.25, 0.3) is 5.91 Å². The zero-order chi connectivity index (χ0) is 12.8. The maximum atomic E-state index is 11.9. The van der Waals surface area contributed by atoms with Crippen LogP contribution in [0.5, 0.6) is 0 Å². The van der Waals surface area contributed by atoms with Gasteiger partial charge in [0, 0.05) is 37.2 Å². The number of halogens is 1. The van der Waals surface area contributed by atoms with E-state index in [1.165, 1.54) is 0 Å². The van der Waals surface area contributed by atoms with Crippen LogP contribution in [-0.4, -0.2) is 31.9 Å². The molecule has 0 aliphatic carbocycles. The van der Waals surface area contributed by atoms with Gasteiger partial charge in [-0.15, -0.1) is 0 Å². The van der Waals surface area contributed by atoms with Gasteiger partial charge in [-0.2, -0.15) is 0 Å². The summed E-state index contributed by atoms with van der Waals surface area (Å²) in [6, 6.07) is 7.62. The van der Waals surface area contributed by atoms with E-state index in [1.807, 2.05) is 43.3 Å². The molecule has 0 heterocycles. The zero-order valence-electron chi connectivity index (χ0n) is 10.5. The van der Waals surface area contributed by atoms with Gasteiger partial charge in [-0.05, 0) is 24.1 Å². The molecule has 0 saturated carbocycles. The zero-order valence-corrected chi connectivity index (χ0v) is 12.1. The molecule has 1 unspecified atom stereocenters. The predicted molar refractivity (Wildman–Crippen MR) is 76.1 cm³/mol. The van der Waals surface area contributed by atoms with Gasteiger partial charge in [0.2, 0.25) is 0 Å². The largest absolute Gasteiger partial charge is 0.378 e. The Balaban J connectivity index is 2.66. The normalized spacial score (nSPS) is 12.0. The van der Waals surface area contributed by atoms with E-state index in [4.69, 9.17) is 0 Å². The molecule has 4 heteroatoms. The minimum Gasteiger partial charge on any atom is -0.378 e. The van der Waals surface area contributed by atoms with Gasteiger partial charge < -0.3 is 10.2 Å². The molecule has 1 atom stereocenters. The Morgan fingerprint density at radius 2 is 2.18 bits per heavy atom. The first-order valence-electron chi connectivity index (χ1n) is 5.66. The van der Waals surface area contributed by atoms with Gasteiger partial charge >= 0.3 is 0 Å². The lowest BCUT2D eigenvalue weighted by atomic mass is 10.1. The van der Waals surface area contributed by atoms with Crippen LogP contribution in [0.15, 0.2) is 24.3 Å². The first-order valence-corrected chi connectivity index (χ1v) is 6.78. The summed E-state index contributed by atoms with van der Waals surface area (Å²) >= 11 is 3.39. The molecule has 1 amide bonds. The van der Waals surface area contributed by atoms with Crippen molar-refractivity contribution < 1.29 is 4.79 Å². The van der Waals surface area contributed by atoms with Crippen LogP contribution < -0.4 is 10.2 Å². The second-order valence-corrected chi connectivity index (χ2v) is 5.06. The predicted octanol–water partition coefficient (Wildman–Crippen LogP) is 2.51. The number of carbonyl (C=O) groups is 1. The molecule has 0 aliphatic rings. The Kier molecular flexibility index (Phi) is 5.48. The van der Waals surface area contributed by atoms with Gasteiger partial charge in [0.1, 0.15) is 0 Å². The molecule has 0 aliphatic heterocycles. The van der Waals surface area contributed by atoms with Crippen LogP contribution in [0, 0.1) is 5.92 Å². The number of anilines is 1. The lowest BCUT2D eigenvalue weighted by Gasteiger charge is -2.14. The molecular weight excluding hydrogens is 280 g/mol. The Morgan fingerprint density at radius 1 is 1.47 bits per heavy atom. The third-order valence-electron chi connectivity index (χ3n) is 2.50. The molecule has 1 aromatic rings. The van der Waals surface area contributed by atoms with E-state index >= 15 is 0 Å². The first-order chi connectivity index (χ1) is 8.04. The van der Waals surface area contributed by atoms with Crippen molar-refractivity contribution in [3.05, 3.63) is 29.8 Å². The molecule has 94 valence electrons. The van der Waals surface area contributed by atoms with Crippen LogP contribution >= 0.6 is 15.9 Å². The van der Waals surface area contributed by atoms with Gasteiger partial charge in [-0.1, -0.05) is 28.9 Å². The number of carbonyl (C=O) groups excluding carboxylic acids is 1. The maximum absolute atomic E-state index is 11.9. The smallest absolute Gasteiger partial charge is 0.251 e. The third-order valence-corrected chi connectivity index (χ3v) is 3.60. The molecule has 0 saturated heterocycles. The second kappa shape index (κ2) is 6.64. The number of rotatable bonds is 5. The van der Waals surface area contributed by atoms with Crippen LogP contribution in [0.25, 0.3) is 0 Å². The molecule has 0 bridgehead atoms. The summed E-state index contributed by atoms with van der Waals surface area (Å²) in [6.07, 6.45) is 0. The summed E-state index contributed by atoms with van der Waals surface area (Å²) in [5, 5.41) is 3.82. The van der Waals surface area contributed by atoms with E-state index in [-0.39, 0.29) is 5.91 Å². The van der Waals surface area contributed by atoms with Gasteiger partial charge in [-0.25, -0.2) is 0 Å². The lowest BCUT2D eigenvalue weighted by Crippen LogP contribution is -2.28. The van der Waals surface area contributed by atoms with E-state index in [2.05, 4.69) is 28.2 Å². The van der Waals surface area contributed by atoms with Crippen LogP contribution in [0.3, 0.4) is 0 Å². The van der Waals surface area contributed by atoms with Crippen molar-refractivity contribution in [1.82, 2.24) is 5.32 Å². The van der Waals surface area contributed by atoms with Gasteiger partial charge in [0.05, 0.1) is 0 Å². The van der Waals surface area contributed by atoms with Crippen molar-refractivity contribution in [2.45, 2.75) is 6.92 Å². The van der Waals surface area contributed by atoms with Crippen molar-refractivity contribution in [1.29, 1.82) is 0 Å². The number of hydrogen-bond acceptors (Lipinski definition) is 2. The van der Waals surface area contributed by atoms with Crippen molar-refractivity contribution in [2.24, 2.45) is 5.92 Å². The highest BCUT2D eigenvalue weighted by Gasteiger charge is 2.08. The van der Waals surface area contributed by atoms with Crippen LogP contribution in [0.1, 0.15) is 17.3 Å². The number of alkyl halides is 1. The quantitative estimate of drug-likeness (QED) is 0.847. The molecule has 0 spiro atoms. The third kappa shape index (κ3) is 4.38. The Labute approximate surface area is 111 Å². The maximum Gasteiger partial charge on any atom is 0.251 e. The molecular formula is C13H19BrN2O. The molecule has 1 aromatic carbocycles. The summed E-state index contributed by atoms with van der Waals surface area (Å²) in [4.78, 5) is 13.9. The fourth-order valence-corrected chi connectivity index (χ4v) is 1.58. The summed E-state index contributed by atoms with van der Waals surface area (Å²) in [5.41, 5.74) is 1.74. The average molecular weight is 299 g/mol. The minimum atomic E-state index is -0.0125. The topological polar surface area (TPSA) is 32.3 Å². The number of benzene rings is 1. The highest BCUT2D eigenvalue weighted by Crippen LogP contribution is 2.13. The Morgan fingerprint density at radius 3 is 2.76 bits per heavy atom. The monoisotopic (exact) mass is 298 g/mol. The van der Waals surface area contributed by atoms with Gasteiger partial charge in [-0.3, -0.25) is 4.79 Å². The summed E-state index contributed by atoms with van der Waals surface area (Å²) in [7, 11) is 3.92. The van der Waals surface area contributed by atoms with Crippen molar-refractivity contribution in [3.63, 3.8) is 0 Å². The molecule has 0 radical (unpaired) electrons. The number of nitrogens with zero attached hydrogens (tertiary/aromatic N) is 1. The number of hydrogen-bond donors (Lipinski definition) is 1. The lowest BCUT2D eigenvalue weighted by molar-refractivity contribution is 0.0949. The molecule has 3 nitrogen and oxygen atoms in total. The SMILES string of the molecule is CC(CBr)CNC(=O)c1cccc(N(C)C)c1. The van der Waals surface area contributed by atoms with E-state index in [0.29, 0.717) is 18.0 Å². The fraction of sp³-hybridized carbons (Fsp3) is 0.462. The van der Waals surface area contributed by atoms with E-state index < -0.39 is 0 Å². The molecule has 17 heavy (non-hydrogen) atoms. The minimum absolute atomic E-state index is 0.0125. The molecule has 0 fully saturated rings.